The van der Waals surface area contributed by atoms with E-state index in [-0.39, 0.29) is 17.0 Å². The second-order valence-electron chi connectivity index (χ2n) is 5.03. The van der Waals surface area contributed by atoms with Crippen molar-refractivity contribution >= 4 is 45.9 Å². The first kappa shape index (κ1) is 19.0. The van der Waals surface area contributed by atoms with Gasteiger partial charge in [-0.2, -0.15) is 18.2 Å². The third-order valence-corrected chi connectivity index (χ3v) is 4.45. The van der Waals surface area contributed by atoms with Gasteiger partial charge in [0.15, 0.2) is 5.17 Å². The first-order valence-electron chi connectivity index (χ1n) is 6.96. The molecule has 2 aliphatic rings. The topological polar surface area (TPSA) is 41.9 Å². The Morgan fingerprint density at radius 3 is 2.62 bits per heavy atom. The number of nitrogens with zero attached hydrogens (tertiary/aromatic N) is 2. The van der Waals surface area contributed by atoms with Gasteiger partial charge >= 0.3 is 6.18 Å². The van der Waals surface area contributed by atoms with Crippen molar-refractivity contribution in [2.24, 2.45) is 4.99 Å². The third-order valence-electron chi connectivity index (χ3n) is 3.40. The van der Waals surface area contributed by atoms with Crippen molar-refractivity contribution < 1.29 is 22.7 Å². The molecular weight excluding hydrogens is 409 g/mol. The Labute approximate surface area is 151 Å². The Bertz CT molecular complexity index is 686. The number of hydrogen-bond donors (Lipinski definition) is 0. The Morgan fingerprint density at radius 2 is 1.96 bits per heavy atom. The second-order valence-corrected chi connectivity index (χ2v) is 6.04. The highest BCUT2D eigenvalue weighted by atomic mass is 79.9. The van der Waals surface area contributed by atoms with Crippen LogP contribution in [0.4, 0.5) is 13.2 Å². The summed E-state index contributed by atoms with van der Waals surface area (Å²) in [5.41, 5.74) is -0.411. The molecule has 0 aliphatic carbocycles. The molecule has 0 atom stereocenters. The van der Waals surface area contributed by atoms with Crippen LogP contribution in [0, 0.1) is 0 Å². The standard InChI is InChI=1S/C15H13F3N2O2S.BrH/c16-15(17,18)11-3-1-2-10(8-11)9-12-13(21)19-14(23-12)20-4-6-22-7-5-20;/h1-3,8-9H,4-7H2;1H/b12-9+;. The van der Waals surface area contributed by atoms with Gasteiger partial charge in [0.25, 0.3) is 5.91 Å². The van der Waals surface area contributed by atoms with Gasteiger partial charge in [-0.15, -0.1) is 17.0 Å². The molecule has 24 heavy (non-hydrogen) atoms. The lowest BCUT2D eigenvalue weighted by atomic mass is 10.1. The number of halogens is 4. The molecule has 4 nitrogen and oxygen atoms in total. The summed E-state index contributed by atoms with van der Waals surface area (Å²) in [6, 6.07) is 4.88. The van der Waals surface area contributed by atoms with Gasteiger partial charge in [-0.1, -0.05) is 12.1 Å². The Kier molecular flexibility index (Phi) is 6.11. The molecule has 1 amide bonds. The molecule has 130 valence electrons. The number of rotatable bonds is 1. The summed E-state index contributed by atoms with van der Waals surface area (Å²) in [7, 11) is 0. The van der Waals surface area contributed by atoms with E-state index in [0.29, 0.717) is 41.9 Å². The number of aliphatic imine (C=N–C) groups is 1. The van der Waals surface area contributed by atoms with Gasteiger partial charge < -0.3 is 9.64 Å². The van der Waals surface area contributed by atoms with Crippen molar-refractivity contribution in [2.75, 3.05) is 26.3 Å². The molecule has 0 radical (unpaired) electrons. The third kappa shape index (κ3) is 4.40. The van der Waals surface area contributed by atoms with E-state index in [2.05, 4.69) is 4.99 Å². The quantitative estimate of drug-likeness (QED) is 0.648. The number of morpholine rings is 1. The number of ether oxygens (including phenoxy) is 1. The molecule has 1 saturated heterocycles. The first-order valence-corrected chi connectivity index (χ1v) is 7.78. The minimum absolute atomic E-state index is 0. The van der Waals surface area contributed by atoms with Crippen molar-refractivity contribution in [3.8, 4) is 0 Å². The summed E-state index contributed by atoms with van der Waals surface area (Å²) in [6.45, 7) is 2.44. The van der Waals surface area contributed by atoms with Crippen molar-refractivity contribution in [3.63, 3.8) is 0 Å². The van der Waals surface area contributed by atoms with E-state index in [1.165, 1.54) is 30.0 Å². The van der Waals surface area contributed by atoms with Crippen LogP contribution in [-0.2, 0) is 15.7 Å². The van der Waals surface area contributed by atoms with E-state index < -0.39 is 17.6 Å². The van der Waals surface area contributed by atoms with Crippen LogP contribution in [0.25, 0.3) is 6.08 Å². The molecule has 1 fully saturated rings. The van der Waals surface area contributed by atoms with Gasteiger partial charge in [-0.25, -0.2) is 0 Å². The summed E-state index contributed by atoms with van der Waals surface area (Å²) in [6.07, 6.45) is -2.96. The molecule has 0 spiro atoms. The van der Waals surface area contributed by atoms with Gasteiger partial charge in [0.05, 0.1) is 23.7 Å². The highest BCUT2D eigenvalue weighted by Crippen LogP contribution is 2.33. The summed E-state index contributed by atoms with van der Waals surface area (Å²) in [5, 5.41) is 0.580. The van der Waals surface area contributed by atoms with Gasteiger partial charge in [0.2, 0.25) is 0 Å². The molecule has 0 saturated carbocycles. The van der Waals surface area contributed by atoms with Crippen LogP contribution in [0.3, 0.4) is 0 Å². The Morgan fingerprint density at radius 1 is 1.25 bits per heavy atom. The number of amides is 1. The predicted molar refractivity (Wildman–Crippen MR) is 92.2 cm³/mol. The maximum atomic E-state index is 12.7. The maximum Gasteiger partial charge on any atom is 0.416 e. The monoisotopic (exact) mass is 422 g/mol. The molecule has 2 heterocycles. The summed E-state index contributed by atoms with van der Waals surface area (Å²) in [5.74, 6) is -0.422. The van der Waals surface area contributed by atoms with Crippen molar-refractivity contribution in [3.05, 3.63) is 40.3 Å². The molecular formula is C15H14BrF3N2O2S. The highest BCUT2D eigenvalue weighted by molar-refractivity contribution is 8.93. The summed E-state index contributed by atoms with van der Waals surface area (Å²) in [4.78, 5) is 18.2. The zero-order chi connectivity index (χ0) is 16.4. The van der Waals surface area contributed by atoms with Crippen molar-refractivity contribution in [1.82, 2.24) is 4.90 Å². The van der Waals surface area contributed by atoms with E-state index in [1.807, 2.05) is 4.90 Å². The molecule has 0 unspecified atom stereocenters. The maximum absolute atomic E-state index is 12.7. The minimum Gasteiger partial charge on any atom is -0.378 e. The number of thioether (sulfide) groups is 1. The van der Waals surface area contributed by atoms with Gasteiger partial charge in [0, 0.05) is 13.1 Å². The average molecular weight is 423 g/mol. The molecule has 1 aromatic rings. The van der Waals surface area contributed by atoms with E-state index in [0.717, 1.165) is 12.1 Å². The Balaban J connectivity index is 0.00000208. The molecule has 0 bridgehead atoms. The van der Waals surface area contributed by atoms with Crippen LogP contribution in [0.15, 0.2) is 34.2 Å². The number of hydrogen-bond acceptors (Lipinski definition) is 4. The first-order chi connectivity index (χ1) is 10.9. The lowest BCUT2D eigenvalue weighted by Gasteiger charge is -2.27. The Hall–Kier alpha value is -1.32. The largest absolute Gasteiger partial charge is 0.416 e. The number of benzene rings is 1. The summed E-state index contributed by atoms with van der Waals surface area (Å²) < 4.78 is 43.4. The van der Waals surface area contributed by atoms with Crippen LogP contribution in [0.2, 0.25) is 0 Å². The SMILES string of the molecule is Br.O=C1N=C(N2CCOCC2)S/C1=C/c1cccc(C(F)(F)F)c1. The zero-order valence-corrected chi connectivity index (χ0v) is 14.9. The fraction of sp³-hybridized carbons (Fsp3) is 0.333. The predicted octanol–water partition coefficient (Wildman–Crippen LogP) is 3.59. The smallest absolute Gasteiger partial charge is 0.378 e. The lowest BCUT2D eigenvalue weighted by Crippen LogP contribution is -2.38. The number of carbonyl (C=O) groups is 1. The van der Waals surface area contributed by atoms with E-state index in [1.54, 1.807) is 0 Å². The fourth-order valence-corrected chi connectivity index (χ4v) is 3.21. The number of amidine groups is 1. The van der Waals surface area contributed by atoms with Gasteiger partial charge in [-0.05, 0) is 35.5 Å². The molecule has 3 rings (SSSR count). The lowest BCUT2D eigenvalue weighted by molar-refractivity contribution is -0.137. The van der Waals surface area contributed by atoms with Crippen LogP contribution < -0.4 is 0 Å². The second kappa shape index (κ2) is 7.71. The van der Waals surface area contributed by atoms with E-state index in [9.17, 15) is 18.0 Å². The van der Waals surface area contributed by atoms with Crippen LogP contribution in [0.5, 0.6) is 0 Å². The molecule has 2 aliphatic heterocycles. The van der Waals surface area contributed by atoms with E-state index in [4.69, 9.17) is 4.74 Å². The molecule has 0 N–H and O–H groups in total. The summed E-state index contributed by atoms with van der Waals surface area (Å²) >= 11 is 1.18. The fourth-order valence-electron chi connectivity index (χ4n) is 2.24. The van der Waals surface area contributed by atoms with Crippen LogP contribution in [-0.4, -0.2) is 42.3 Å². The minimum atomic E-state index is -4.41. The van der Waals surface area contributed by atoms with Crippen molar-refractivity contribution in [2.45, 2.75) is 6.18 Å². The zero-order valence-electron chi connectivity index (χ0n) is 12.4. The number of alkyl halides is 3. The van der Waals surface area contributed by atoms with Crippen LogP contribution >= 0.6 is 28.7 Å². The highest BCUT2D eigenvalue weighted by Gasteiger charge is 2.31. The molecule has 0 aromatic heterocycles. The van der Waals surface area contributed by atoms with E-state index >= 15 is 0 Å². The van der Waals surface area contributed by atoms with Gasteiger partial charge in [-0.3, -0.25) is 4.79 Å². The van der Waals surface area contributed by atoms with Crippen molar-refractivity contribution in [1.29, 1.82) is 0 Å². The van der Waals surface area contributed by atoms with Gasteiger partial charge in [0.1, 0.15) is 0 Å². The molecule has 1 aromatic carbocycles. The number of carbonyl (C=O) groups excluding carboxylic acids is 1. The average Bonchev–Trinajstić information content (AvgIpc) is 2.89. The van der Waals surface area contributed by atoms with Crippen LogP contribution in [0.1, 0.15) is 11.1 Å². The normalized spacial score (nSPS) is 20.1. The molecule has 9 heteroatoms.